The van der Waals surface area contributed by atoms with Gasteiger partial charge in [-0.1, -0.05) is 138 Å². The van der Waals surface area contributed by atoms with Gasteiger partial charge in [-0.15, -0.1) is 12.4 Å². The molecule has 0 spiro atoms. The maximum Gasteiger partial charge on any atom is 0.309 e. The summed E-state index contributed by atoms with van der Waals surface area (Å²) in [6, 6.07) is 32.6. The number of hydrogen-bond donors (Lipinski definition) is 3. The van der Waals surface area contributed by atoms with Gasteiger partial charge in [-0.2, -0.15) is 0 Å². The maximum absolute atomic E-state index is 14.2. The molecule has 10 unspecified atom stereocenters. The minimum Gasteiger partial charge on any atom is -0.481 e. The van der Waals surface area contributed by atoms with Crippen LogP contribution >= 0.6 is 12.4 Å². The van der Waals surface area contributed by atoms with E-state index in [1.54, 1.807) is 0 Å². The summed E-state index contributed by atoms with van der Waals surface area (Å²) >= 11 is 0. The van der Waals surface area contributed by atoms with Crippen LogP contribution in [0.3, 0.4) is 0 Å². The second-order valence-electron chi connectivity index (χ2n) is 21.2. The quantitative estimate of drug-likeness (QED) is 0.211. The first-order valence-corrected chi connectivity index (χ1v) is 22.5. The minimum absolute atomic E-state index is 0. The predicted octanol–water partition coefficient (Wildman–Crippen LogP) is 12.4. The van der Waals surface area contributed by atoms with E-state index in [-0.39, 0.29) is 63.2 Å². The average molecular weight is 823 g/mol. The molecule has 0 saturated heterocycles. The third-order valence-corrected chi connectivity index (χ3v) is 17.7. The van der Waals surface area contributed by atoms with E-state index in [1.807, 2.05) is 13.0 Å². The van der Waals surface area contributed by atoms with Gasteiger partial charge in [-0.3, -0.25) is 9.59 Å². The third-order valence-electron chi connectivity index (χ3n) is 17.7. The van der Waals surface area contributed by atoms with E-state index in [0.717, 1.165) is 64.3 Å². The molecule has 0 radical (unpaired) electrons. The third kappa shape index (κ3) is 7.91. The Bertz CT molecular complexity index is 1930. The Morgan fingerprint density at radius 2 is 1.29 bits per heavy atom. The van der Waals surface area contributed by atoms with Gasteiger partial charge in [0, 0.05) is 17.9 Å². The zero-order chi connectivity index (χ0) is 41.7. The van der Waals surface area contributed by atoms with E-state index < -0.39 is 11.4 Å². The van der Waals surface area contributed by atoms with Crippen LogP contribution in [0.5, 0.6) is 0 Å². The van der Waals surface area contributed by atoms with Crippen molar-refractivity contribution in [3.63, 3.8) is 0 Å². The van der Waals surface area contributed by atoms with E-state index in [4.69, 9.17) is 0 Å². The molecule has 10 atom stereocenters. The molecule has 6 heteroatoms. The highest BCUT2D eigenvalue weighted by atomic mass is 35.5. The number of carboxylic acids is 1. The van der Waals surface area contributed by atoms with Crippen LogP contribution in [0.15, 0.2) is 103 Å². The van der Waals surface area contributed by atoms with Gasteiger partial charge >= 0.3 is 5.97 Å². The Kier molecular flexibility index (Phi) is 13.0. The molecule has 5 aliphatic carbocycles. The van der Waals surface area contributed by atoms with Crippen molar-refractivity contribution in [1.82, 2.24) is 5.32 Å². The zero-order valence-electron chi connectivity index (χ0n) is 37.1. The summed E-state index contributed by atoms with van der Waals surface area (Å²) in [4.78, 5) is 26.4. The Morgan fingerprint density at radius 3 is 1.85 bits per heavy atom. The summed E-state index contributed by atoms with van der Waals surface area (Å²) in [5.41, 5.74) is 4.26. The molecule has 320 valence electrons. The van der Waals surface area contributed by atoms with Gasteiger partial charge < -0.3 is 15.5 Å². The summed E-state index contributed by atoms with van der Waals surface area (Å²) in [7, 11) is 0. The molecular weight excluding hydrogens is 750 g/mol. The number of hydrogen-bond acceptors (Lipinski definition) is 4. The molecule has 5 aliphatic rings. The molecule has 0 aromatic heterocycles. The fourth-order valence-corrected chi connectivity index (χ4v) is 13.6. The first-order chi connectivity index (χ1) is 27.4. The van der Waals surface area contributed by atoms with Crippen LogP contribution in [0.2, 0.25) is 0 Å². The number of carbonyl (C=O) groups excluding carboxylic acids is 1. The normalized spacial score (nSPS) is 36.2. The Hall–Kier alpha value is -3.25. The van der Waals surface area contributed by atoms with E-state index in [9.17, 15) is 19.8 Å². The summed E-state index contributed by atoms with van der Waals surface area (Å²) in [6.45, 7) is 19.1. The van der Waals surface area contributed by atoms with E-state index in [2.05, 4.69) is 145 Å². The number of ketones is 1. The SMILES string of the molecule is CC(NCCC(c1ccccc1)c1ccccc1)c1ccccc1.CC1(C(=O)O)CCC2(C)CCC3(C)C(=CC(=O)C4C5(C)CCC(O)C(C)(C)C5CCC43C)C2C1.Cl. The van der Waals surface area contributed by atoms with E-state index in [1.165, 1.54) is 22.3 Å². The number of carboxylic acid groups (broad SMARTS) is 1. The molecule has 0 amide bonds. The molecule has 5 nitrogen and oxygen atoms in total. The number of aliphatic hydroxyl groups is 1. The molecule has 4 saturated carbocycles. The van der Waals surface area contributed by atoms with Crippen molar-refractivity contribution in [2.24, 2.45) is 50.2 Å². The number of fused-ring (bicyclic) bond motifs is 7. The van der Waals surface area contributed by atoms with Crippen LogP contribution in [0.4, 0.5) is 0 Å². The highest BCUT2D eigenvalue weighted by Gasteiger charge is 2.70. The summed E-state index contributed by atoms with van der Waals surface area (Å²) in [6.07, 6.45) is 11.0. The molecule has 3 aromatic carbocycles. The van der Waals surface area contributed by atoms with Gasteiger partial charge in [0.15, 0.2) is 5.78 Å². The minimum atomic E-state index is -0.711. The number of allylic oxidation sites excluding steroid dienone is 2. The number of nitrogens with one attached hydrogen (secondary N) is 1. The van der Waals surface area contributed by atoms with Crippen molar-refractivity contribution in [2.75, 3.05) is 6.54 Å². The van der Waals surface area contributed by atoms with Crippen molar-refractivity contribution in [3.05, 3.63) is 119 Å². The molecule has 59 heavy (non-hydrogen) atoms. The lowest BCUT2D eigenvalue weighted by Gasteiger charge is -2.70. The van der Waals surface area contributed by atoms with Gasteiger partial charge in [0.2, 0.25) is 0 Å². The number of rotatable bonds is 8. The molecule has 3 aromatic rings. The maximum atomic E-state index is 14.2. The van der Waals surface area contributed by atoms with Crippen LogP contribution in [-0.2, 0) is 9.59 Å². The molecule has 0 heterocycles. The number of benzene rings is 3. The van der Waals surface area contributed by atoms with Gasteiger partial charge in [-0.05, 0) is 146 Å². The molecule has 3 N–H and O–H groups in total. The Labute approximate surface area is 361 Å². The van der Waals surface area contributed by atoms with Crippen LogP contribution in [0.1, 0.15) is 148 Å². The van der Waals surface area contributed by atoms with Crippen LogP contribution < -0.4 is 5.32 Å². The Morgan fingerprint density at radius 1 is 0.746 bits per heavy atom. The van der Waals surface area contributed by atoms with Crippen molar-refractivity contribution < 1.29 is 19.8 Å². The fraction of sp³-hybridized carbons (Fsp3) is 0.585. The van der Waals surface area contributed by atoms with Crippen molar-refractivity contribution in [1.29, 1.82) is 0 Å². The number of halogens is 1. The van der Waals surface area contributed by atoms with Crippen molar-refractivity contribution in [2.45, 2.75) is 138 Å². The average Bonchev–Trinajstić information content (AvgIpc) is 3.20. The lowest BCUT2D eigenvalue weighted by atomic mass is 9.33. The topological polar surface area (TPSA) is 86.6 Å². The largest absolute Gasteiger partial charge is 0.481 e. The van der Waals surface area contributed by atoms with Gasteiger partial charge in [-0.25, -0.2) is 0 Å². The number of aliphatic hydroxyl groups excluding tert-OH is 1. The lowest BCUT2D eigenvalue weighted by Crippen LogP contribution is -2.66. The van der Waals surface area contributed by atoms with E-state index in [0.29, 0.717) is 24.3 Å². The lowest BCUT2D eigenvalue weighted by molar-refractivity contribution is -0.202. The second-order valence-corrected chi connectivity index (χ2v) is 21.2. The smallest absolute Gasteiger partial charge is 0.309 e. The zero-order valence-corrected chi connectivity index (χ0v) is 37.9. The predicted molar refractivity (Wildman–Crippen MR) is 243 cm³/mol. The molecular formula is C53H72ClNO4. The van der Waals surface area contributed by atoms with Gasteiger partial charge in [0.1, 0.15) is 0 Å². The van der Waals surface area contributed by atoms with Crippen molar-refractivity contribution >= 4 is 24.2 Å². The molecule has 0 bridgehead atoms. The van der Waals surface area contributed by atoms with Gasteiger partial charge in [0.05, 0.1) is 11.5 Å². The van der Waals surface area contributed by atoms with E-state index >= 15 is 0 Å². The highest BCUT2D eigenvalue weighted by Crippen LogP contribution is 2.75. The number of aliphatic carboxylic acids is 1. The first-order valence-electron chi connectivity index (χ1n) is 22.5. The molecule has 0 aliphatic heterocycles. The Balaban J connectivity index is 0.000000207. The van der Waals surface area contributed by atoms with Gasteiger partial charge in [0.25, 0.3) is 0 Å². The fourth-order valence-electron chi connectivity index (χ4n) is 13.6. The van der Waals surface area contributed by atoms with Crippen LogP contribution in [-0.4, -0.2) is 34.6 Å². The molecule has 8 rings (SSSR count). The standard InChI is InChI=1S/C30H46O4.C23H25N.ClH/c1-25(2)21-8-11-30(7)23(28(21,5)10-9-22(25)32)20(31)16-18-19-17-27(4,24(33)34)13-12-26(19,3)14-15-29(18,30)6;1-19(20-11-5-2-6-12-20)24-18-17-23(21-13-7-3-8-14-21)22-15-9-4-10-16-22;/h16,19,21-23,32H,8-15,17H2,1-7H3,(H,33,34);2-16,19,23-24H,17-18H2,1H3;1H. The number of carbonyl (C=O) groups is 2. The first kappa shape index (κ1) is 45.3. The summed E-state index contributed by atoms with van der Waals surface area (Å²) < 4.78 is 0. The van der Waals surface area contributed by atoms with Crippen LogP contribution in [0.25, 0.3) is 0 Å². The van der Waals surface area contributed by atoms with Crippen molar-refractivity contribution in [3.8, 4) is 0 Å². The monoisotopic (exact) mass is 822 g/mol. The second kappa shape index (κ2) is 16.9. The summed E-state index contributed by atoms with van der Waals surface area (Å²) in [5, 5.41) is 24.6. The highest BCUT2D eigenvalue weighted by molar-refractivity contribution is 5.95. The van der Waals surface area contributed by atoms with Crippen LogP contribution in [0, 0.1) is 50.2 Å². The summed E-state index contributed by atoms with van der Waals surface area (Å²) in [5.74, 6) is 0.493. The molecule has 4 fully saturated rings.